The maximum Gasteiger partial charge on any atom is 0.168 e. The van der Waals surface area contributed by atoms with Gasteiger partial charge in [0.2, 0.25) is 0 Å². The first-order chi connectivity index (χ1) is 6.29. The number of aldehydes is 1. The number of carbonyl (C=O) groups is 1. The van der Waals surface area contributed by atoms with Gasteiger partial charge in [-0.3, -0.25) is 9.78 Å². The lowest BCUT2D eigenvalue weighted by Gasteiger charge is -1.96. The zero-order valence-electron chi connectivity index (χ0n) is 6.57. The van der Waals surface area contributed by atoms with Crippen LogP contribution in [0.4, 0.5) is 0 Å². The number of rotatable bonds is 1. The van der Waals surface area contributed by atoms with E-state index in [-0.39, 0.29) is 0 Å². The summed E-state index contributed by atoms with van der Waals surface area (Å²) >= 11 is 3.29. The van der Waals surface area contributed by atoms with Gasteiger partial charge in [0, 0.05) is 10.7 Å². The fourth-order valence-corrected chi connectivity index (χ4v) is 1.38. The summed E-state index contributed by atoms with van der Waals surface area (Å²) in [5.74, 6) is 0. The highest BCUT2D eigenvalue weighted by molar-refractivity contribution is 9.10. The van der Waals surface area contributed by atoms with Gasteiger partial charge in [-0.2, -0.15) is 0 Å². The highest BCUT2D eigenvalue weighted by Gasteiger charge is 1.98. The third-order valence-electron chi connectivity index (χ3n) is 1.65. The lowest BCUT2D eigenvalue weighted by molar-refractivity contribution is 0.111. The third kappa shape index (κ3) is 1.58. The molecule has 0 amide bonds. The van der Waals surface area contributed by atoms with E-state index < -0.39 is 0 Å². The van der Waals surface area contributed by atoms with Crippen molar-refractivity contribution in [2.24, 2.45) is 0 Å². The summed E-state index contributed by atoms with van der Waals surface area (Å²) in [6.45, 7) is 0. The monoisotopic (exact) mass is 236 g/mol. The summed E-state index contributed by atoms with van der Waals surface area (Å²) < 4.78 is 0.857. The lowest BCUT2D eigenvalue weighted by Crippen LogP contribution is -1.88. The van der Waals surface area contributed by atoms with E-state index in [4.69, 9.17) is 0 Å². The first-order valence-electron chi connectivity index (χ1n) is 3.67. The predicted molar refractivity (Wildman–Crippen MR) is 52.6 cm³/mol. The van der Waals surface area contributed by atoms with E-state index in [0.717, 1.165) is 21.8 Å². The number of hydrogen-bond donors (Lipinski definition) is 0. The van der Waals surface area contributed by atoms with E-state index in [1.54, 1.807) is 18.3 Å². The molecule has 0 saturated heterocycles. The molecule has 0 fully saturated rings. The SMILES string of the molecule is O=Cc1ccc2ncc(Br)cc2n1. The summed E-state index contributed by atoms with van der Waals surface area (Å²) in [6, 6.07) is 5.25. The third-order valence-corrected chi connectivity index (χ3v) is 2.08. The molecule has 0 radical (unpaired) electrons. The van der Waals surface area contributed by atoms with Crippen LogP contribution in [0.15, 0.2) is 28.9 Å². The highest BCUT2D eigenvalue weighted by atomic mass is 79.9. The van der Waals surface area contributed by atoms with Crippen LogP contribution in [0.1, 0.15) is 10.5 Å². The number of carbonyl (C=O) groups excluding carboxylic acids is 1. The van der Waals surface area contributed by atoms with Gasteiger partial charge in [0.1, 0.15) is 5.69 Å². The standard InChI is InChI=1S/C9H5BrN2O/c10-6-3-9-8(11-4-6)2-1-7(5-13)12-9/h1-5H. The number of halogens is 1. The minimum absolute atomic E-state index is 0.424. The van der Waals surface area contributed by atoms with Gasteiger partial charge in [-0.15, -0.1) is 0 Å². The van der Waals surface area contributed by atoms with Crippen molar-refractivity contribution in [3.8, 4) is 0 Å². The molecule has 13 heavy (non-hydrogen) atoms. The van der Waals surface area contributed by atoms with Crippen molar-refractivity contribution in [2.45, 2.75) is 0 Å². The maximum absolute atomic E-state index is 10.4. The Morgan fingerprint density at radius 1 is 1.31 bits per heavy atom. The van der Waals surface area contributed by atoms with Crippen LogP contribution in [-0.4, -0.2) is 16.3 Å². The molecule has 0 N–H and O–H groups in total. The average Bonchev–Trinajstić information content (AvgIpc) is 2.16. The summed E-state index contributed by atoms with van der Waals surface area (Å²) in [7, 11) is 0. The molecule has 2 rings (SSSR count). The molecule has 4 heteroatoms. The second-order valence-electron chi connectivity index (χ2n) is 2.55. The predicted octanol–water partition coefficient (Wildman–Crippen LogP) is 2.20. The van der Waals surface area contributed by atoms with Gasteiger partial charge in [0.25, 0.3) is 0 Å². The van der Waals surface area contributed by atoms with Gasteiger partial charge in [-0.05, 0) is 34.1 Å². The maximum atomic E-state index is 10.4. The Bertz CT molecular complexity index is 470. The van der Waals surface area contributed by atoms with Crippen LogP contribution in [0.25, 0.3) is 11.0 Å². The number of fused-ring (bicyclic) bond motifs is 1. The molecule has 0 saturated carbocycles. The van der Waals surface area contributed by atoms with E-state index in [9.17, 15) is 4.79 Å². The van der Waals surface area contributed by atoms with Crippen molar-refractivity contribution in [3.05, 3.63) is 34.6 Å². The van der Waals surface area contributed by atoms with Gasteiger partial charge < -0.3 is 0 Å². The first kappa shape index (κ1) is 8.31. The Morgan fingerprint density at radius 3 is 2.92 bits per heavy atom. The van der Waals surface area contributed by atoms with E-state index >= 15 is 0 Å². The number of pyridine rings is 2. The summed E-state index contributed by atoms with van der Waals surface area (Å²) in [4.78, 5) is 18.7. The molecular formula is C9H5BrN2O. The van der Waals surface area contributed by atoms with E-state index in [1.165, 1.54) is 0 Å². The first-order valence-corrected chi connectivity index (χ1v) is 4.46. The van der Waals surface area contributed by atoms with Crippen LogP contribution in [0, 0.1) is 0 Å². The van der Waals surface area contributed by atoms with Crippen molar-refractivity contribution in [2.75, 3.05) is 0 Å². The Hall–Kier alpha value is -1.29. The Morgan fingerprint density at radius 2 is 2.15 bits per heavy atom. The molecular weight excluding hydrogens is 232 g/mol. The largest absolute Gasteiger partial charge is 0.296 e. The summed E-state index contributed by atoms with van der Waals surface area (Å²) in [5, 5.41) is 0. The molecule has 0 aliphatic carbocycles. The van der Waals surface area contributed by atoms with Crippen molar-refractivity contribution >= 4 is 33.2 Å². The van der Waals surface area contributed by atoms with Crippen LogP contribution < -0.4 is 0 Å². The summed E-state index contributed by atoms with van der Waals surface area (Å²) in [5.41, 5.74) is 1.93. The van der Waals surface area contributed by atoms with Crippen LogP contribution in [0.2, 0.25) is 0 Å². The molecule has 0 atom stereocenters. The van der Waals surface area contributed by atoms with Gasteiger partial charge in [0.05, 0.1) is 11.0 Å². The van der Waals surface area contributed by atoms with Gasteiger partial charge in [0.15, 0.2) is 6.29 Å². The summed E-state index contributed by atoms with van der Waals surface area (Å²) in [6.07, 6.45) is 2.42. The number of aromatic nitrogens is 2. The van der Waals surface area contributed by atoms with E-state index in [1.807, 2.05) is 6.07 Å². The number of hydrogen-bond acceptors (Lipinski definition) is 3. The topological polar surface area (TPSA) is 42.9 Å². The molecule has 2 aromatic rings. The van der Waals surface area contributed by atoms with Crippen molar-refractivity contribution in [1.82, 2.24) is 9.97 Å². The van der Waals surface area contributed by atoms with Crippen LogP contribution in [0.3, 0.4) is 0 Å². The second-order valence-corrected chi connectivity index (χ2v) is 3.46. The fraction of sp³-hybridized carbons (Fsp3) is 0. The second kappa shape index (κ2) is 3.22. The molecule has 0 bridgehead atoms. The zero-order chi connectivity index (χ0) is 9.26. The number of nitrogens with zero attached hydrogens (tertiary/aromatic N) is 2. The minimum atomic E-state index is 0.424. The van der Waals surface area contributed by atoms with Gasteiger partial charge >= 0.3 is 0 Å². The fourth-order valence-electron chi connectivity index (χ4n) is 1.06. The zero-order valence-corrected chi connectivity index (χ0v) is 8.15. The highest BCUT2D eigenvalue weighted by Crippen LogP contribution is 2.15. The van der Waals surface area contributed by atoms with E-state index in [0.29, 0.717) is 5.69 Å². The lowest BCUT2D eigenvalue weighted by atomic mass is 10.3. The molecule has 64 valence electrons. The molecule has 0 aromatic carbocycles. The Balaban J connectivity index is 2.74. The smallest absolute Gasteiger partial charge is 0.168 e. The molecule has 2 aromatic heterocycles. The average molecular weight is 237 g/mol. The minimum Gasteiger partial charge on any atom is -0.296 e. The Kier molecular flexibility index (Phi) is 2.06. The normalized spacial score (nSPS) is 10.2. The molecule has 0 unspecified atom stereocenters. The quantitative estimate of drug-likeness (QED) is 0.714. The molecule has 3 nitrogen and oxygen atoms in total. The van der Waals surface area contributed by atoms with Gasteiger partial charge in [-0.25, -0.2) is 4.98 Å². The van der Waals surface area contributed by atoms with Crippen molar-refractivity contribution < 1.29 is 4.79 Å². The van der Waals surface area contributed by atoms with Crippen LogP contribution >= 0.6 is 15.9 Å². The molecule has 0 aliphatic rings. The van der Waals surface area contributed by atoms with Gasteiger partial charge in [-0.1, -0.05) is 0 Å². The van der Waals surface area contributed by atoms with Crippen molar-refractivity contribution in [1.29, 1.82) is 0 Å². The van der Waals surface area contributed by atoms with Crippen molar-refractivity contribution in [3.63, 3.8) is 0 Å². The van der Waals surface area contributed by atoms with E-state index in [2.05, 4.69) is 25.9 Å². The van der Waals surface area contributed by atoms with Crippen LogP contribution in [-0.2, 0) is 0 Å². The molecule has 0 aliphatic heterocycles. The molecule has 0 spiro atoms. The van der Waals surface area contributed by atoms with Crippen LogP contribution in [0.5, 0.6) is 0 Å². The Labute approximate surface area is 82.9 Å². The molecule has 2 heterocycles.